The molecule has 1 saturated carbocycles. The highest BCUT2D eigenvalue weighted by atomic mass is 16.5. The Morgan fingerprint density at radius 1 is 1.11 bits per heavy atom. The second-order valence-electron chi connectivity index (χ2n) is 12.7. The Kier molecular flexibility index (Phi) is 13.0. The van der Waals surface area contributed by atoms with Gasteiger partial charge in [0, 0.05) is 6.54 Å². The topological polar surface area (TPSA) is 59.0 Å². The van der Waals surface area contributed by atoms with E-state index in [9.17, 15) is 9.59 Å². The smallest absolute Gasteiger partial charge is 0.338 e. The summed E-state index contributed by atoms with van der Waals surface area (Å²) in [6, 6.07) is 0. The molecule has 1 heterocycles. The molecule has 3 aliphatic rings. The van der Waals surface area contributed by atoms with E-state index >= 15 is 0 Å². The summed E-state index contributed by atoms with van der Waals surface area (Å²) in [5.74, 6) is 0.626. The molecule has 1 spiro atoms. The molecule has 0 saturated heterocycles. The van der Waals surface area contributed by atoms with Crippen molar-refractivity contribution in [2.75, 3.05) is 6.54 Å². The number of carbonyl (C=O) groups is 2. The number of hydrogen-bond donors (Lipinski definition) is 0. The molecule has 1 amide bonds. The van der Waals surface area contributed by atoms with Crippen LogP contribution in [0.4, 0.5) is 0 Å². The Balaban J connectivity index is 0.000000389. The minimum atomic E-state index is -0.252. The third-order valence-corrected chi connectivity index (χ3v) is 7.06. The van der Waals surface area contributed by atoms with Crippen molar-refractivity contribution < 1.29 is 14.3 Å². The molecule has 5 heteroatoms. The Hall–Kier alpha value is -2.17. The first-order valence-electron chi connectivity index (χ1n) is 14.3. The van der Waals surface area contributed by atoms with Gasteiger partial charge in [0.1, 0.15) is 5.66 Å². The second-order valence-corrected chi connectivity index (χ2v) is 12.7. The predicted molar refractivity (Wildman–Crippen MR) is 157 cm³/mol. The van der Waals surface area contributed by atoms with E-state index in [2.05, 4.69) is 51.4 Å². The van der Waals surface area contributed by atoms with Crippen LogP contribution in [0.3, 0.4) is 0 Å². The molecular formula is C32H54N2O3. The van der Waals surface area contributed by atoms with Crippen LogP contribution in [-0.2, 0) is 14.3 Å². The zero-order valence-electron chi connectivity index (χ0n) is 25.4. The zero-order valence-corrected chi connectivity index (χ0v) is 25.4. The molecule has 0 N–H and O–H groups in total. The zero-order chi connectivity index (χ0) is 28.3. The van der Waals surface area contributed by atoms with Gasteiger partial charge in [-0.15, -0.1) is 0 Å². The average Bonchev–Trinajstić information content (AvgIpc) is 2.99. The van der Waals surface area contributed by atoms with Gasteiger partial charge < -0.3 is 9.64 Å². The molecule has 0 radical (unpaired) electrons. The Morgan fingerprint density at radius 3 is 2.27 bits per heavy atom. The van der Waals surface area contributed by atoms with Crippen molar-refractivity contribution in [3.63, 3.8) is 0 Å². The molecule has 3 rings (SSSR count). The fraction of sp³-hybridized carbons (Fsp3) is 0.719. The minimum Gasteiger partial charge on any atom is -0.459 e. The van der Waals surface area contributed by atoms with Gasteiger partial charge in [-0.1, -0.05) is 79.7 Å². The molecular weight excluding hydrogens is 460 g/mol. The van der Waals surface area contributed by atoms with Crippen LogP contribution in [0.1, 0.15) is 114 Å². The third-order valence-electron chi connectivity index (χ3n) is 7.06. The highest BCUT2D eigenvalue weighted by Gasteiger charge is 2.46. The quantitative estimate of drug-likeness (QED) is 0.349. The maximum Gasteiger partial charge on any atom is 0.338 e. The van der Waals surface area contributed by atoms with E-state index in [-0.39, 0.29) is 23.6 Å². The first-order chi connectivity index (χ1) is 17.2. The summed E-state index contributed by atoms with van der Waals surface area (Å²) < 4.78 is 5.05. The summed E-state index contributed by atoms with van der Waals surface area (Å²) >= 11 is 0. The highest BCUT2D eigenvalue weighted by Crippen LogP contribution is 2.45. The molecule has 0 aromatic carbocycles. The van der Waals surface area contributed by atoms with Crippen molar-refractivity contribution in [1.82, 2.24) is 4.90 Å². The molecule has 0 atom stereocenters. The fourth-order valence-corrected chi connectivity index (χ4v) is 4.95. The van der Waals surface area contributed by atoms with E-state index in [0.717, 1.165) is 44.6 Å². The summed E-state index contributed by atoms with van der Waals surface area (Å²) in [5.41, 5.74) is 1.10. The number of aliphatic imine (C=N–C) groups is 1. The van der Waals surface area contributed by atoms with Crippen LogP contribution in [0.5, 0.6) is 0 Å². The van der Waals surface area contributed by atoms with Crippen molar-refractivity contribution in [2.24, 2.45) is 21.7 Å². The summed E-state index contributed by atoms with van der Waals surface area (Å²) in [5, 5.41) is 0. The summed E-state index contributed by atoms with van der Waals surface area (Å²) in [4.78, 5) is 30.4. The molecule has 1 aliphatic heterocycles. The molecule has 0 aromatic heterocycles. The van der Waals surface area contributed by atoms with Crippen molar-refractivity contribution in [3.05, 3.63) is 36.0 Å². The van der Waals surface area contributed by atoms with E-state index in [4.69, 9.17) is 4.74 Å². The van der Waals surface area contributed by atoms with Crippen LogP contribution in [-0.4, -0.2) is 41.3 Å². The molecule has 5 nitrogen and oxygen atoms in total. The monoisotopic (exact) mass is 514 g/mol. The number of rotatable bonds is 5. The van der Waals surface area contributed by atoms with Crippen LogP contribution in [0, 0.1) is 16.7 Å². The van der Waals surface area contributed by atoms with Gasteiger partial charge in [0.2, 0.25) is 0 Å². The summed E-state index contributed by atoms with van der Waals surface area (Å²) in [7, 11) is 0. The first kappa shape index (κ1) is 32.9. The van der Waals surface area contributed by atoms with E-state index in [1.807, 2.05) is 45.9 Å². The van der Waals surface area contributed by atoms with Crippen LogP contribution < -0.4 is 0 Å². The second kappa shape index (κ2) is 14.7. The van der Waals surface area contributed by atoms with Crippen molar-refractivity contribution in [3.8, 4) is 0 Å². The van der Waals surface area contributed by atoms with Crippen molar-refractivity contribution in [1.29, 1.82) is 0 Å². The first-order valence-corrected chi connectivity index (χ1v) is 14.3. The minimum absolute atomic E-state index is 0.0611. The lowest BCUT2D eigenvalue weighted by Crippen LogP contribution is -2.50. The van der Waals surface area contributed by atoms with Crippen LogP contribution in [0.25, 0.3) is 0 Å². The predicted octanol–water partition coefficient (Wildman–Crippen LogP) is 8.07. The van der Waals surface area contributed by atoms with E-state index in [0.29, 0.717) is 16.4 Å². The van der Waals surface area contributed by atoms with Gasteiger partial charge in [0.25, 0.3) is 5.91 Å². The number of allylic oxidation sites excluding steroid dienone is 4. The van der Waals surface area contributed by atoms with Gasteiger partial charge >= 0.3 is 5.97 Å². The maximum atomic E-state index is 12.3. The molecule has 0 bridgehead atoms. The van der Waals surface area contributed by atoms with Crippen molar-refractivity contribution in [2.45, 2.75) is 126 Å². The number of carbonyl (C=O) groups excluding carboxylic acids is 2. The molecule has 37 heavy (non-hydrogen) atoms. The van der Waals surface area contributed by atoms with Gasteiger partial charge in [0.05, 0.1) is 17.9 Å². The van der Waals surface area contributed by atoms with E-state index in [1.54, 1.807) is 18.4 Å². The molecule has 1 fully saturated rings. The van der Waals surface area contributed by atoms with E-state index in [1.165, 1.54) is 12.8 Å². The SMILES string of the molecule is CC.CC(C)(C)CCCN1C(=O)C=NC12CCC(C(C)(C)C)CC2.CC(C)OC(=O)C1=CC=CCC=C1. The lowest BCUT2D eigenvalue weighted by Gasteiger charge is -2.45. The number of ether oxygens (including phenoxy) is 1. The van der Waals surface area contributed by atoms with Crippen LogP contribution >= 0.6 is 0 Å². The van der Waals surface area contributed by atoms with Crippen molar-refractivity contribution >= 4 is 18.1 Å². The van der Waals surface area contributed by atoms with Gasteiger partial charge in [-0.3, -0.25) is 9.79 Å². The number of hydrogen-bond acceptors (Lipinski definition) is 4. The summed E-state index contributed by atoms with van der Waals surface area (Å²) in [6.07, 6.45) is 18.4. The number of nitrogens with zero attached hydrogens (tertiary/aromatic N) is 2. The normalized spacial score (nSPS) is 23.2. The average molecular weight is 515 g/mol. The largest absolute Gasteiger partial charge is 0.459 e. The van der Waals surface area contributed by atoms with Gasteiger partial charge in [-0.25, -0.2) is 4.79 Å². The lowest BCUT2D eigenvalue weighted by molar-refractivity contribution is -0.142. The Labute approximate surface area is 227 Å². The third kappa shape index (κ3) is 11.0. The lowest BCUT2D eigenvalue weighted by atomic mass is 9.69. The number of esters is 1. The molecule has 210 valence electrons. The standard InChI is InChI=1S/C19H34N2O.C11H14O2.C2H6/c1-17(2,3)10-7-13-21-16(22)14-20-19(21)11-8-15(9-12-19)18(4,5)6;1-9(2)13-11(12)10-7-5-3-4-6-8-10;1-2/h14-15H,7-13H2,1-6H3;3,5-9H,4H2,1-2H3;1-2H3. The molecule has 0 aromatic rings. The Bertz CT molecular complexity index is 842. The van der Waals surface area contributed by atoms with Crippen LogP contribution in [0.15, 0.2) is 40.9 Å². The van der Waals surface area contributed by atoms with Gasteiger partial charge in [0.15, 0.2) is 0 Å². The molecule has 0 unspecified atom stereocenters. The van der Waals surface area contributed by atoms with Crippen LogP contribution in [0.2, 0.25) is 0 Å². The fourth-order valence-electron chi connectivity index (χ4n) is 4.95. The highest BCUT2D eigenvalue weighted by molar-refractivity contribution is 6.28. The molecule has 2 aliphatic carbocycles. The van der Waals surface area contributed by atoms with Gasteiger partial charge in [-0.2, -0.15) is 0 Å². The van der Waals surface area contributed by atoms with E-state index < -0.39 is 0 Å². The number of amides is 1. The Morgan fingerprint density at radius 2 is 1.73 bits per heavy atom. The van der Waals surface area contributed by atoms with Gasteiger partial charge in [-0.05, 0) is 81.6 Å². The summed E-state index contributed by atoms with van der Waals surface area (Å²) in [6.45, 7) is 22.3. The maximum absolute atomic E-state index is 12.3.